The summed E-state index contributed by atoms with van der Waals surface area (Å²) in [6, 6.07) is 14.3. The second kappa shape index (κ2) is 7.45. The fraction of sp³-hybridized carbons (Fsp3) is 0.211. The van der Waals surface area contributed by atoms with Crippen molar-refractivity contribution in [3.8, 4) is 0 Å². The van der Waals surface area contributed by atoms with Gasteiger partial charge < -0.3 is 5.32 Å². The van der Waals surface area contributed by atoms with Crippen molar-refractivity contribution in [1.82, 2.24) is 0 Å². The Morgan fingerprint density at radius 3 is 2.25 bits per heavy atom. The minimum absolute atomic E-state index is 0.105. The van der Waals surface area contributed by atoms with E-state index in [4.69, 9.17) is 0 Å². The predicted octanol–water partition coefficient (Wildman–Crippen LogP) is 3.87. The van der Waals surface area contributed by atoms with Crippen LogP contribution in [0.3, 0.4) is 0 Å². The van der Waals surface area contributed by atoms with Crippen molar-refractivity contribution >= 4 is 27.5 Å². The van der Waals surface area contributed by atoms with E-state index in [9.17, 15) is 13.2 Å². The predicted molar refractivity (Wildman–Crippen MR) is 97.7 cm³/mol. The van der Waals surface area contributed by atoms with E-state index in [-0.39, 0.29) is 16.5 Å². The molecule has 0 saturated carbocycles. The summed E-state index contributed by atoms with van der Waals surface area (Å²) >= 11 is 0. The van der Waals surface area contributed by atoms with Gasteiger partial charge in [0.25, 0.3) is 0 Å². The molecule has 0 aliphatic heterocycles. The zero-order chi connectivity index (χ0) is 17.7. The van der Waals surface area contributed by atoms with Crippen molar-refractivity contribution in [3.63, 3.8) is 0 Å². The van der Waals surface area contributed by atoms with Gasteiger partial charge in [0.1, 0.15) is 0 Å². The fourth-order valence-electron chi connectivity index (χ4n) is 2.23. The molecule has 0 aromatic heterocycles. The van der Waals surface area contributed by atoms with E-state index >= 15 is 0 Å². The first-order chi connectivity index (χ1) is 11.3. The maximum absolute atomic E-state index is 12.0. The highest BCUT2D eigenvalue weighted by atomic mass is 32.2. The molecule has 2 aromatic rings. The van der Waals surface area contributed by atoms with Crippen LogP contribution in [0.25, 0.3) is 6.08 Å². The number of para-hydroxylation sites is 1. The van der Waals surface area contributed by atoms with E-state index in [1.54, 1.807) is 24.3 Å². The topological polar surface area (TPSA) is 63.2 Å². The third-order valence-electron chi connectivity index (χ3n) is 3.57. The fourth-order valence-corrected chi connectivity index (χ4v) is 3.08. The molecule has 4 nitrogen and oxygen atoms in total. The molecule has 0 aliphatic rings. The van der Waals surface area contributed by atoms with Gasteiger partial charge in [-0.2, -0.15) is 0 Å². The van der Waals surface area contributed by atoms with E-state index in [0.29, 0.717) is 5.92 Å². The van der Waals surface area contributed by atoms with Gasteiger partial charge in [-0.25, -0.2) is 8.42 Å². The van der Waals surface area contributed by atoms with Gasteiger partial charge in [0.15, 0.2) is 9.84 Å². The lowest BCUT2D eigenvalue weighted by Crippen LogP contribution is -2.11. The van der Waals surface area contributed by atoms with E-state index < -0.39 is 9.84 Å². The number of nitrogens with one attached hydrogen (secondary N) is 1. The average molecular weight is 343 g/mol. The Morgan fingerprint density at radius 2 is 1.67 bits per heavy atom. The van der Waals surface area contributed by atoms with Crippen LogP contribution in [0.1, 0.15) is 30.9 Å². The van der Waals surface area contributed by atoms with Crippen molar-refractivity contribution < 1.29 is 13.2 Å². The summed E-state index contributed by atoms with van der Waals surface area (Å²) < 4.78 is 23.5. The molecule has 1 amide bonds. The second-order valence-electron chi connectivity index (χ2n) is 5.91. The van der Waals surface area contributed by atoms with Crippen LogP contribution < -0.4 is 5.32 Å². The molecule has 0 fully saturated rings. The number of benzene rings is 2. The summed E-state index contributed by atoms with van der Waals surface area (Å²) in [5, 5.41) is 2.61. The molecule has 0 aliphatic carbocycles. The van der Waals surface area contributed by atoms with E-state index in [1.807, 2.05) is 24.3 Å². The molecule has 5 heteroatoms. The van der Waals surface area contributed by atoms with Gasteiger partial charge in [0.05, 0.1) is 10.6 Å². The van der Waals surface area contributed by atoms with Gasteiger partial charge >= 0.3 is 0 Å². The average Bonchev–Trinajstić information content (AvgIpc) is 2.53. The number of amides is 1. The second-order valence-corrected chi connectivity index (χ2v) is 7.90. The van der Waals surface area contributed by atoms with Crippen molar-refractivity contribution in [1.29, 1.82) is 0 Å². The van der Waals surface area contributed by atoms with Crippen molar-refractivity contribution in [2.75, 3.05) is 11.6 Å². The van der Waals surface area contributed by atoms with E-state index in [1.165, 1.54) is 17.7 Å². The van der Waals surface area contributed by atoms with Gasteiger partial charge in [-0.3, -0.25) is 4.79 Å². The summed E-state index contributed by atoms with van der Waals surface area (Å²) in [5.41, 5.74) is 2.43. The summed E-state index contributed by atoms with van der Waals surface area (Å²) in [7, 11) is -3.40. The summed E-state index contributed by atoms with van der Waals surface area (Å²) in [5.74, 6) is 0.0814. The minimum atomic E-state index is -3.40. The molecule has 2 aromatic carbocycles. The Morgan fingerprint density at radius 1 is 1.04 bits per heavy atom. The maximum atomic E-state index is 12.0. The van der Waals surface area contributed by atoms with Crippen LogP contribution in [-0.2, 0) is 14.6 Å². The van der Waals surface area contributed by atoms with Gasteiger partial charge in [-0.05, 0) is 35.3 Å². The highest BCUT2D eigenvalue weighted by molar-refractivity contribution is 7.90. The largest absolute Gasteiger partial charge is 0.321 e. The molecule has 0 spiro atoms. The quantitative estimate of drug-likeness (QED) is 0.838. The number of anilines is 1. The highest BCUT2D eigenvalue weighted by Gasteiger charge is 2.13. The van der Waals surface area contributed by atoms with Crippen LogP contribution in [-0.4, -0.2) is 20.6 Å². The van der Waals surface area contributed by atoms with Crippen molar-refractivity contribution in [2.45, 2.75) is 24.7 Å². The van der Waals surface area contributed by atoms with Crippen LogP contribution in [0.2, 0.25) is 0 Å². The third-order valence-corrected chi connectivity index (χ3v) is 4.73. The molecule has 0 saturated heterocycles. The molecule has 0 unspecified atom stereocenters. The van der Waals surface area contributed by atoms with Crippen LogP contribution >= 0.6 is 0 Å². The lowest BCUT2D eigenvalue weighted by Gasteiger charge is -2.08. The number of carbonyl (C=O) groups is 1. The Hall–Kier alpha value is -2.40. The number of hydrogen-bond donors (Lipinski definition) is 1. The van der Waals surface area contributed by atoms with Crippen molar-refractivity contribution in [2.24, 2.45) is 0 Å². The standard InChI is InChI=1S/C19H21NO3S/c1-14(2)16-11-8-15(9-12-16)10-13-19(21)20-17-6-4-5-7-18(17)24(3,22)23/h4-14H,1-3H3,(H,20,21)/b13-10+. The third kappa shape index (κ3) is 4.80. The normalized spacial score (nSPS) is 11.8. The lowest BCUT2D eigenvalue weighted by atomic mass is 10.0. The Kier molecular flexibility index (Phi) is 5.57. The Bertz CT molecular complexity index is 850. The molecule has 2 rings (SSSR count). The zero-order valence-corrected chi connectivity index (χ0v) is 14.8. The van der Waals surface area contributed by atoms with E-state index in [2.05, 4.69) is 19.2 Å². The van der Waals surface area contributed by atoms with Gasteiger partial charge in [-0.1, -0.05) is 50.2 Å². The van der Waals surface area contributed by atoms with Crippen LogP contribution in [0.15, 0.2) is 59.5 Å². The molecule has 1 N–H and O–H groups in total. The van der Waals surface area contributed by atoms with Gasteiger partial charge in [-0.15, -0.1) is 0 Å². The van der Waals surface area contributed by atoms with Crippen LogP contribution in [0, 0.1) is 0 Å². The first kappa shape index (κ1) is 17.9. The molecule has 0 atom stereocenters. The smallest absolute Gasteiger partial charge is 0.248 e. The molecular weight excluding hydrogens is 322 g/mol. The number of hydrogen-bond acceptors (Lipinski definition) is 3. The van der Waals surface area contributed by atoms with Gasteiger partial charge in [0.2, 0.25) is 5.91 Å². The highest BCUT2D eigenvalue weighted by Crippen LogP contribution is 2.20. The molecular formula is C19H21NO3S. The first-order valence-electron chi connectivity index (χ1n) is 7.65. The first-order valence-corrected chi connectivity index (χ1v) is 9.54. The molecule has 0 heterocycles. The van der Waals surface area contributed by atoms with Crippen molar-refractivity contribution in [3.05, 3.63) is 65.7 Å². The molecule has 126 valence electrons. The summed E-state index contributed by atoms with van der Waals surface area (Å²) in [4.78, 5) is 12.2. The van der Waals surface area contributed by atoms with E-state index in [0.717, 1.165) is 11.8 Å². The van der Waals surface area contributed by atoms with Crippen LogP contribution in [0.4, 0.5) is 5.69 Å². The Balaban J connectivity index is 2.11. The SMILES string of the molecule is CC(C)c1ccc(/C=C/C(=O)Nc2ccccc2S(C)(=O)=O)cc1. The van der Waals surface area contributed by atoms with Gasteiger partial charge in [0, 0.05) is 12.3 Å². The number of sulfone groups is 1. The number of rotatable bonds is 5. The summed E-state index contributed by atoms with van der Waals surface area (Å²) in [6.45, 7) is 4.25. The zero-order valence-electron chi connectivity index (χ0n) is 14.0. The van der Waals surface area contributed by atoms with Crippen LogP contribution in [0.5, 0.6) is 0 Å². The minimum Gasteiger partial charge on any atom is -0.321 e. The Labute approximate surface area is 143 Å². The monoisotopic (exact) mass is 343 g/mol. The molecule has 24 heavy (non-hydrogen) atoms. The maximum Gasteiger partial charge on any atom is 0.248 e. The summed E-state index contributed by atoms with van der Waals surface area (Å²) in [6.07, 6.45) is 4.20. The molecule has 0 radical (unpaired) electrons. The molecule has 0 bridgehead atoms. The lowest BCUT2D eigenvalue weighted by molar-refractivity contribution is -0.111. The number of carbonyl (C=O) groups excluding carboxylic acids is 1.